The Morgan fingerprint density at radius 2 is 1.94 bits per heavy atom. The van der Waals surface area contributed by atoms with Crippen molar-refractivity contribution in [1.82, 2.24) is 0 Å². The van der Waals surface area contributed by atoms with Crippen molar-refractivity contribution in [3.05, 3.63) is 47.5 Å². The van der Waals surface area contributed by atoms with Gasteiger partial charge in [0, 0.05) is 0 Å². The molecule has 0 unspecified atom stereocenters. The first-order valence-electron chi connectivity index (χ1n) is 5.81. The fraction of sp³-hybridized carbons (Fsp3) is 0.267. The van der Waals surface area contributed by atoms with Gasteiger partial charge in [0.2, 0.25) is 0 Å². The molecule has 0 saturated heterocycles. The highest BCUT2D eigenvalue weighted by Gasteiger charge is 2.09. The summed E-state index contributed by atoms with van der Waals surface area (Å²) in [7, 11) is 0. The molecule has 0 aromatic heterocycles. The molecule has 0 aliphatic carbocycles. The predicted molar refractivity (Wildman–Crippen MR) is 69.4 cm³/mol. The maximum atomic E-state index is 10.8. The Morgan fingerprint density at radius 3 is 2.59 bits per heavy atom. The highest BCUT2D eigenvalue weighted by molar-refractivity contribution is 5.87. The number of carboxylic acid groups (broad SMARTS) is 1. The second-order valence-electron chi connectivity index (χ2n) is 4.63. The van der Waals surface area contributed by atoms with E-state index in [2.05, 4.69) is 19.9 Å². The van der Waals surface area contributed by atoms with Crippen LogP contribution in [0.15, 0.2) is 36.4 Å². The van der Waals surface area contributed by atoms with Crippen LogP contribution in [0.5, 0.6) is 0 Å². The van der Waals surface area contributed by atoms with Crippen LogP contribution in [0.1, 0.15) is 30.9 Å². The molecule has 0 radical (unpaired) electrons. The lowest BCUT2D eigenvalue weighted by atomic mass is 9.93. The minimum absolute atomic E-state index is 0.0879. The van der Waals surface area contributed by atoms with Gasteiger partial charge in [0.05, 0.1) is 6.42 Å². The average molecular weight is 228 g/mol. The molecular weight excluding hydrogens is 212 g/mol. The highest BCUT2D eigenvalue weighted by atomic mass is 16.4. The zero-order valence-electron chi connectivity index (χ0n) is 10.1. The van der Waals surface area contributed by atoms with E-state index in [-0.39, 0.29) is 6.42 Å². The Hall–Kier alpha value is -1.83. The standard InChI is InChI=1S/C15H16O2/c1-10(2)14-8-11(9-15(16)17)7-12-5-3-4-6-13(12)14/h3-8,10H,9H2,1-2H3,(H,16,17). The Morgan fingerprint density at radius 1 is 1.24 bits per heavy atom. The first kappa shape index (κ1) is 11.6. The average Bonchev–Trinajstić information content (AvgIpc) is 2.27. The first-order chi connectivity index (χ1) is 8.08. The predicted octanol–water partition coefficient (Wildman–Crippen LogP) is 3.59. The highest BCUT2D eigenvalue weighted by Crippen LogP contribution is 2.27. The summed E-state index contributed by atoms with van der Waals surface area (Å²) in [5.74, 6) is -0.386. The van der Waals surface area contributed by atoms with Gasteiger partial charge in [-0.05, 0) is 27.8 Å². The van der Waals surface area contributed by atoms with Gasteiger partial charge >= 0.3 is 5.97 Å². The number of carbonyl (C=O) groups is 1. The summed E-state index contributed by atoms with van der Waals surface area (Å²) in [6, 6.07) is 12.1. The van der Waals surface area contributed by atoms with Crippen molar-refractivity contribution in [1.29, 1.82) is 0 Å². The van der Waals surface area contributed by atoms with Crippen molar-refractivity contribution >= 4 is 16.7 Å². The molecular formula is C15H16O2. The fourth-order valence-electron chi connectivity index (χ4n) is 2.16. The van der Waals surface area contributed by atoms with E-state index >= 15 is 0 Å². The molecule has 1 N–H and O–H groups in total. The normalized spacial score (nSPS) is 11.0. The van der Waals surface area contributed by atoms with Crippen LogP contribution >= 0.6 is 0 Å². The lowest BCUT2D eigenvalue weighted by molar-refractivity contribution is -0.136. The summed E-state index contributed by atoms with van der Waals surface area (Å²) in [6.45, 7) is 4.26. The lowest BCUT2D eigenvalue weighted by Gasteiger charge is -2.12. The maximum Gasteiger partial charge on any atom is 0.307 e. The molecule has 2 nitrogen and oxygen atoms in total. The topological polar surface area (TPSA) is 37.3 Å². The van der Waals surface area contributed by atoms with Crippen molar-refractivity contribution < 1.29 is 9.90 Å². The summed E-state index contributed by atoms with van der Waals surface area (Å²) in [5, 5.41) is 11.2. The van der Waals surface area contributed by atoms with Gasteiger partial charge in [-0.1, -0.05) is 50.2 Å². The second-order valence-corrected chi connectivity index (χ2v) is 4.63. The Balaban J connectivity index is 2.62. The van der Waals surface area contributed by atoms with Gasteiger partial charge in [-0.3, -0.25) is 4.79 Å². The molecule has 2 rings (SSSR count). The van der Waals surface area contributed by atoms with Crippen molar-refractivity contribution in [2.45, 2.75) is 26.2 Å². The molecule has 0 spiro atoms. The summed E-state index contributed by atoms with van der Waals surface area (Å²) >= 11 is 0. The zero-order chi connectivity index (χ0) is 12.4. The zero-order valence-corrected chi connectivity index (χ0v) is 10.1. The van der Waals surface area contributed by atoms with E-state index in [0.29, 0.717) is 5.92 Å². The van der Waals surface area contributed by atoms with Crippen molar-refractivity contribution in [3.8, 4) is 0 Å². The van der Waals surface area contributed by atoms with E-state index in [1.165, 1.54) is 10.9 Å². The molecule has 2 aromatic carbocycles. The molecule has 88 valence electrons. The van der Waals surface area contributed by atoms with Crippen molar-refractivity contribution in [2.75, 3.05) is 0 Å². The molecule has 17 heavy (non-hydrogen) atoms. The molecule has 0 aliphatic heterocycles. The monoisotopic (exact) mass is 228 g/mol. The number of aliphatic carboxylic acids is 1. The second kappa shape index (κ2) is 4.58. The third-order valence-corrected chi connectivity index (χ3v) is 2.93. The molecule has 2 heteroatoms. The van der Waals surface area contributed by atoms with Crippen LogP contribution < -0.4 is 0 Å². The van der Waals surface area contributed by atoms with Crippen LogP contribution in [-0.4, -0.2) is 11.1 Å². The molecule has 0 bridgehead atoms. The van der Waals surface area contributed by atoms with E-state index in [1.54, 1.807) is 0 Å². The van der Waals surface area contributed by atoms with Crippen LogP contribution in [0.2, 0.25) is 0 Å². The molecule has 0 fully saturated rings. The van der Waals surface area contributed by atoms with Crippen LogP contribution in [-0.2, 0) is 11.2 Å². The molecule has 0 atom stereocenters. The quantitative estimate of drug-likeness (QED) is 0.871. The summed E-state index contributed by atoms with van der Waals surface area (Å²) in [6.07, 6.45) is 0.0879. The Bertz CT molecular complexity index is 556. The van der Waals surface area contributed by atoms with E-state index in [4.69, 9.17) is 5.11 Å². The van der Waals surface area contributed by atoms with Gasteiger partial charge in [-0.15, -0.1) is 0 Å². The van der Waals surface area contributed by atoms with Crippen molar-refractivity contribution in [3.63, 3.8) is 0 Å². The summed E-state index contributed by atoms with van der Waals surface area (Å²) in [4.78, 5) is 10.8. The van der Waals surface area contributed by atoms with Crippen molar-refractivity contribution in [2.24, 2.45) is 0 Å². The number of rotatable bonds is 3. The van der Waals surface area contributed by atoms with Gasteiger partial charge in [-0.25, -0.2) is 0 Å². The largest absolute Gasteiger partial charge is 0.481 e. The van der Waals surface area contributed by atoms with Gasteiger partial charge in [0.15, 0.2) is 0 Å². The van der Waals surface area contributed by atoms with E-state index in [0.717, 1.165) is 10.9 Å². The third kappa shape index (κ3) is 2.47. The number of hydrogen-bond acceptors (Lipinski definition) is 1. The molecule has 0 aliphatic rings. The van der Waals surface area contributed by atoms with Gasteiger partial charge in [0.25, 0.3) is 0 Å². The van der Waals surface area contributed by atoms with Crippen LogP contribution in [0.3, 0.4) is 0 Å². The molecule has 0 heterocycles. The Kier molecular flexibility index (Phi) is 3.14. The Labute approximate surface area is 101 Å². The summed E-state index contributed by atoms with van der Waals surface area (Å²) < 4.78 is 0. The van der Waals surface area contributed by atoms with Crippen LogP contribution in [0.4, 0.5) is 0 Å². The van der Waals surface area contributed by atoms with Gasteiger partial charge in [0.1, 0.15) is 0 Å². The minimum Gasteiger partial charge on any atom is -0.481 e. The van der Waals surface area contributed by atoms with Crippen LogP contribution in [0.25, 0.3) is 10.8 Å². The van der Waals surface area contributed by atoms with Gasteiger partial charge < -0.3 is 5.11 Å². The van der Waals surface area contributed by atoms with E-state index in [9.17, 15) is 4.79 Å². The minimum atomic E-state index is -0.782. The number of benzene rings is 2. The lowest BCUT2D eigenvalue weighted by Crippen LogP contribution is -2.01. The van der Waals surface area contributed by atoms with Crippen LogP contribution in [0, 0.1) is 0 Å². The van der Waals surface area contributed by atoms with E-state index < -0.39 is 5.97 Å². The number of carboxylic acids is 1. The third-order valence-electron chi connectivity index (χ3n) is 2.93. The first-order valence-corrected chi connectivity index (χ1v) is 5.81. The maximum absolute atomic E-state index is 10.8. The smallest absolute Gasteiger partial charge is 0.307 e. The number of hydrogen-bond donors (Lipinski definition) is 1. The fourth-order valence-corrected chi connectivity index (χ4v) is 2.16. The van der Waals surface area contributed by atoms with Gasteiger partial charge in [-0.2, -0.15) is 0 Å². The molecule has 2 aromatic rings. The molecule has 0 saturated carbocycles. The van der Waals surface area contributed by atoms with E-state index in [1.807, 2.05) is 30.3 Å². The SMILES string of the molecule is CC(C)c1cc(CC(=O)O)cc2ccccc12. The molecule has 0 amide bonds. The number of fused-ring (bicyclic) bond motifs is 1. The summed E-state index contributed by atoms with van der Waals surface area (Å²) in [5.41, 5.74) is 2.10.